The number of aryl methyl sites for hydroxylation is 1. The predicted octanol–water partition coefficient (Wildman–Crippen LogP) is 2.58. The number of anilines is 1. The van der Waals surface area contributed by atoms with Crippen LogP contribution in [-0.4, -0.2) is 30.6 Å². The van der Waals surface area contributed by atoms with E-state index < -0.39 is 11.9 Å². The number of hydrogen-bond donors (Lipinski definition) is 3. The average molecular weight is 345 g/mol. The van der Waals surface area contributed by atoms with E-state index in [0.29, 0.717) is 24.4 Å². The number of aliphatic carboxylic acids is 1. The van der Waals surface area contributed by atoms with Crippen molar-refractivity contribution in [1.29, 1.82) is 5.26 Å². The van der Waals surface area contributed by atoms with Crippen LogP contribution in [0.4, 0.5) is 5.69 Å². The van der Waals surface area contributed by atoms with Crippen LogP contribution < -0.4 is 15.4 Å². The number of methoxy groups -OCH3 is 1. The molecule has 1 aromatic carbocycles. The third kappa shape index (κ3) is 7.40. The second-order valence-corrected chi connectivity index (χ2v) is 5.49. The maximum atomic E-state index is 12.2. The first kappa shape index (κ1) is 20.0. The van der Waals surface area contributed by atoms with E-state index in [0.717, 1.165) is 18.4 Å². The Hall–Kier alpha value is -3.01. The second-order valence-electron chi connectivity index (χ2n) is 5.49. The largest absolute Gasteiger partial charge is 0.495 e. The summed E-state index contributed by atoms with van der Waals surface area (Å²) in [6.07, 6.45) is 3.66. The van der Waals surface area contributed by atoms with E-state index in [1.807, 2.05) is 19.1 Å². The highest BCUT2D eigenvalue weighted by Crippen LogP contribution is 2.25. The summed E-state index contributed by atoms with van der Waals surface area (Å²) in [4.78, 5) is 22.6. The Labute approximate surface area is 147 Å². The van der Waals surface area contributed by atoms with Gasteiger partial charge in [0.25, 0.3) is 5.91 Å². The molecule has 0 aliphatic carbocycles. The highest BCUT2D eigenvalue weighted by atomic mass is 16.5. The quantitative estimate of drug-likeness (QED) is 0.341. The lowest BCUT2D eigenvalue weighted by atomic mass is 10.2. The Morgan fingerprint density at radius 2 is 2.08 bits per heavy atom. The Bertz CT molecular complexity index is 677. The topological polar surface area (TPSA) is 111 Å². The zero-order chi connectivity index (χ0) is 18.7. The van der Waals surface area contributed by atoms with E-state index in [4.69, 9.17) is 15.1 Å². The Morgan fingerprint density at radius 3 is 2.72 bits per heavy atom. The predicted molar refractivity (Wildman–Crippen MR) is 94.2 cm³/mol. The molecule has 0 spiro atoms. The molecule has 1 rings (SSSR count). The van der Waals surface area contributed by atoms with Gasteiger partial charge in [-0.2, -0.15) is 5.26 Å². The molecule has 0 aliphatic rings. The van der Waals surface area contributed by atoms with Crippen molar-refractivity contribution in [2.24, 2.45) is 0 Å². The number of carbonyl (C=O) groups is 2. The molecule has 0 saturated heterocycles. The standard InChI is InChI=1S/C18H23N3O4/c1-13-7-8-16(25-2)15(10-13)21-18(24)14(11-19)12-20-9-5-3-4-6-17(22)23/h7-8,10,12,20H,3-6,9H2,1-2H3,(H,21,24)(H,22,23)/b14-12-. The third-order valence-corrected chi connectivity index (χ3v) is 3.43. The van der Waals surface area contributed by atoms with Crippen LogP contribution in [0.3, 0.4) is 0 Å². The van der Waals surface area contributed by atoms with Gasteiger partial charge in [0.2, 0.25) is 0 Å². The van der Waals surface area contributed by atoms with Crippen molar-refractivity contribution in [3.63, 3.8) is 0 Å². The fourth-order valence-electron chi connectivity index (χ4n) is 2.11. The fraction of sp³-hybridized carbons (Fsp3) is 0.389. The number of rotatable bonds is 10. The van der Waals surface area contributed by atoms with Gasteiger partial charge in [-0.05, 0) is 37.5 Å². The summed E-state index contributed by atoms with van der Waals surface area (Å²) >= 11 is 0. The summed E-state index contributed by atoms with van der Waals surface area (Å²) in [5.41, 5.74) is 1.41. The number of amides is 1. The molecule has 0 unspecified atom stereocenters. The molecule has 25 heavy (non-hydrogen) atoms. The number of unbranched alkanes of at least 4 members (excludes halogenated alkanes) is 2. The van der Waals surface area contributed by atoms with Crippen LogP contribution in [0.5, 0.6) is 5.75 Å². The zero-order valence-corrected chi connectivity index (χ0v) is 14.5. The molecule has 0 aromatic heterocycles. The van der Waals surface area contributed by atoms with Gasteiger partial charge < -0.3 is 20.5 Å². The van der Waals surface area contributed by atoms with Crippen molar-refractivity contribution in [2.45, 2.75) is 32.6 Å². The summed E-state index contributed by atoms with van der Waals surface area (Å²) in [5.74, 6) is -0.810. The van der Waals surface area contributed by atoms with Crippen molar-refractivity contribution in [2.75, 3.05) is 19.0 Å². The van der Waals surface area contributed by atoms with Crippen LogP contribution in [0.15, 0.2) is 30.0 Å². The van der Waals surface area contributed by atoms with E-state index in [-0.39, 0.29) is 12.0 Å². The smallest absolute Gasteiger partial charge is 0.303 e. The van der Waals surface area contributed by atoms with Gasteiger partial charge in [-0.3, -0.25) is 9.59 Å². The van der Waals surface area contributed by atoms with Crippen molar-refractivity contribution < 1.29 is 19.4 Å². The normalized spacial score (nSPS) is 10.7. The van der Waals surface area contributed by atoms with Gasteiger partial charge in [-0.15, -0.1) is 0 Å². The van der Waals surface area contributed by atoms with Gasteiger partial charge in [-0.1, -0.05) is 12.5 Å². The highest BCUT2D eigenvalue weighted by molar-refractivity contribution is 6.07. The highest BCUT2D eigenvalue weighted by Gasteiger charge is 2.12. The third-order valence-electron chi connectivity index (χ3n) is 3.43. The molecule has 0 heterocycles. The second kappa shape index (κ2) is 10.7. The number of carboxylic acids is 1. The minimum atomic E-state index is -0.803. The first-order valence-corrected chi connectivity index (χ1v) is 7.99. The molecular weight excluding hydrogens is 322 g/mol. The number of nitrogens with zero attached hydrogens (tertiary/aromatic N) is 1. The number of nitriles is 1. The first-order valence-electron chi connectivity index (χ1n) is 7.99. The van der Waals surface area contributed by atoms with Gasteiger partial charge in [0.05, 0.1) is 12.8 Å². The van der Waals surface area contributed by atoms with Crippen LogP contribution >= 0.6 is 0 Å². The number of ether oxygens (including phenoxy) is 1. The van der Waals surface area contributed by atoms with E-state index in [9.17, 15) is 9.59 Å². The first-order chi connectivity index (χ1) is 12.0. The van der Waals surface area contributed by atoms with Gasteiger partial charge in [0, 0.05) is 19.2 Å². The van der Waals surface area contributed by atoms with E-state index >= 15 is 0 Å². The molecule has 1 aromatic rings. The lowest BCUT2D eigenvalue weighted by Crippen LogP contribution is -2.17. The van der Waals surface area contributed by atoms with E-state index in [2.05, 4.69) is 10.6 Å². The van der Waals surface area contributed by atoms with E-state index in [1.54, 1.807) is 12.1 Å². The molecule has 0 atom stereocenters. The minimum Gasteiger partial charge on any atom is -0.495 e. The summed E-state index contributed by atoms with van der Waals surface area (Å²) in [5, 5.41) is 23.3. The van der Waals surface area contributed by atoms with Crippen LogP contribution in [0, 0.1) is 18.3 Å². The van der Waals surface area contributed by atoms with Crippen LogP contribution in [0.2, 0.25) is 0 Å². The molecule has 0 aliphatic heterocycles. The minimum absolute atomic E-state index is 0.0471. The summed E-state index contributed by atoms with van der Waals surface area (Å²) in [7, 11) is 1.51. The molecular formula is C18H23N3O4. The number of hydrogen-bond acceptors (Lipinski definition) is 5. The van der Waals surface area contributed by atoms with Gasteiger partial charge in [-0.25, -0.2) is 0 Å². The molecule has 0 saturated carbocycles. The van der Waals surface area contributed by atoms with Crippen molar-refractivity contribution in [3.8, 4) is 11.8 Å². The molecule has 0 fully saturated rings. The number of benzene rings is 1. The summed E-state index contributed by atoms with van der Waals surface area (Å²) < 4.78 is 5.19. The average Bonchev–Trinajstić information content (AvgIpc) is 2.57. The lowest BCUT2D eigenvalue weighted by Gasteiger charge is -2.10. The molecule has 134 valence electrons. The maximum absolute atomic E-state index is 12.2. The van der Waals surface area contributed by atoms with Gasteiger partial charge in [0.1, 0.15) is 17.4 Å². The Morgan fingerprint density at radius 1 is 1.32 bits per heavy atom. The maximum Gasteiger partial charge on any atom is 0.303 e. The SMILES string of the molecule is COc1ccc(C)cc1NC(=O)/C(C#N)=C\NCCCCCC(=O)O. The van der Waals surface area contributed by atoms with Gasteiger partial charge >= 0.3 is 5.97 Å². The number of carboxylic acid groups (broad SMARTS) is 1. The fourth-order valence-corrected chi connectivity index (χ4v) is 2.11. The molecule has 7 nitrogen and oxygen atoms in total. The summed E-state index contributed by atoms with van der Waals surface area (Å²) in [6.45, 7) is 2.45. The van der Waals surface area contributed by atoms with Crippen LogP contribution in [0.1, 0.15) is 31.2 Å². The summed E-state index contributed by atoms with van der Waals surface area (Å²) in [6, 6.07) is 7.23. The molecule has 0 radical (unpaired) electrons. The zero-order valence-electron chi connectivity index (χ0n) is 14.5. The molecule has 7 heteroatoms. The van der Waals surface area contributed by atoms with Gasteiger partial charge in [0.15, 0.2) is 0 Å². The molecule has 3 N–H and O–H groups in total. The molecule has 0 bridgehead atoms. The van der Waals surface area contributed by atoms with E-state index in [1.165, 1.54) is 13.3 Å². The molecule has 1 amide bonds. The van der Waals surface area contributed by atoms with Crippen molar-refractivity contribution >= 4 is 17.6 Å². The van der Waals surface area contributed by atoms with Crippen molar-refractivity contribution in [3.05, 3.63) is 35.5 Å². The monoisotopic (exact) mass is 345 g/mol. The Kier molecular flexibility index (Phi) is 8.58. The van der Waals surface area contributed by atoms with Crippen LogP contribution in [0.25, 0.3) is 0 Å². The Balaban J connectivity index is 2.53. The number of nitrogens with one attached hydrogen (secondary N) is 2. The lowest BCUT2D eigenvalue weighted by molar-refractivity contribution is -0.137. The number of carbonyl (C=O) groups excluding carboxylic acids is 1. The van der Waals surface area contributed by atoms with Crippen LogP contribution in [-0.2, 0) is 9.59 Å². The van der Waals surface area contributed by atoms with Crippen molar-refractivity contribution in [1.82, 2.24) is 5.32 Å².